The molecule has 2 aromatic carbocycles. The molecule has 3 heteroatoms. The molecule has 3 nitrogen and oxygen atoms in total. The minimum absolute atomic E-state index is 0.364. The molecule has 0 aliphatic heterocycles. The third kappa shape index (κ3) is 5.00. The van der Waals surface area contributed by atoms with E-state index in [-0.39, 0.29) is 0 Å². The van der Waals surface area contributed by atoms with E-state index in [2.05, 4.69) is 63.1 Å². The third-order valence-electron chi connectivity index (χ3n) is 4.36. The van der Waals surface area contributed by atoms with Crippen molar-refractivity contribution in [1.29, 1.82) is 0 Å². The van der Waals surface area contributed by atoms with Gasteiger partial charge in [0, 0.05) is 18.3 Å². The van der Waals surface area contributed by atoms with Crippen LogP contribution >= 0.6 is 0 Å². The van der Waals surface area contributed by atoms with Crippen molar-refractivity contribution in [2.45, 2.75) is 33.2 Å². The van der Waals surface area contributed by atoms with Crippen LogP contribution in [-0.2, 0) is 6.42 Å². The average Bonchev–Trinajstić information content (AvgIpc) is 2.53. The van der Waals surface area contributed by atoms with Crippen LogP contribution in [0, 0.1) is 13.8 Å². The first-order chi connectivity index (χ1) is 11.0. The van der Waals surface area contributed by atoms with Crippen LogP contribution in [0.3, 0.4) is 0 Å². The van der Waals surface area contributed by atoms with Crippen LogP contribution in [0.4, 0.5) is 5.69 Å². The molecule has 0 radical (unpaired) electrons. The Morgan fingerprint density at radius 3 is 2.26 bits per heavy atom. The van der Waals surface area contributed by atoms with Gasteiger partial charge in [0.25, 0.3) is 0 Å². The second-order valence-corrected chi connectivity index (χ2v) is 6.35. The van der Waals surface area contributed by atoms with Gasteiger partial charge in [-0.25, -0.2) is 0 Å². The number of aryl methyl sites for hydroxylation is 2. The first-order valence-corrected chi connectivity index (χ1v) is 8.21. The van der Waals surface area contributed by atoms with Crippen molar-refractivity contribution in [2.24, 2.45) is 0 Å². The monoisotopic (exact) mass is 312 g/mol. The summed E-state index contributed by atoms with van der Waals surface area (Å²) in [6, 6.07) is 14.7. The zero-order valence-electron chi connectivity index (χ0n) is 14.7. The molecule has 0 aromatic heterocycles. The highest BCUT2D eigenvalue weighted by Crippen LogP contribution is 2.22. The van der Waals surface area contributed by atoms with Gasteiger partial charge in [-0.05, 0) is 63.1 Å². The minimum atomic E-state index is 0.364. The van der Waals surface area contributed by atoms with Gasteiger partial charge >= 0.3 is 0 Å². The van der Waals surface area contributed by atoms with Crippen molar-refractivity contribution in [3.63, 3.8) is 0 Å². The van der Waals surface area contributed by atoms with Crippen LogP contribution in [0.5, 0.6) is 5.75 Å². The molecular weight excluding hydrogens is 284 g/mol. The molecule has 0 saturated heterocycles. The fourth-order valence-corrected chi connectivity index (χ4v) is 2.57. The molecule has 0 bridgehead atoms. The molecule has 0 heterocycles. The van der Waals surface area contributed by atoms with E-state index >= 15 is 0 Å². The Bertz CT molecular complexity index is 602. The van der Waals surface area contributed by atoms with E-state index in [1.165, 1.54) is 16.7 Å². The second kappa shape index (κ2) is 8.02. The number of benzene rings is 2. The predicted molar refractivity (Wildman–Crippen MR) is 98.1 cm³/mol. The van der Waals surface area contributed by atoms with Crippen LogP contribution in [0.25, 0.3) is 0 Å². The third-order valence-corrected chi connectivity index (χ3v) is 4.36. The first kappa shape index (κ1) is 17.4. The summed E-state index contributed by atoms with van der Waals surface area (Å²) in [4.78, 5) is 2.34. The Balaban J connectivity index is 1.83. The molecule has 23 heavy (non-hydrogen) atoms. The maximum absolute atomic E-state index is 6.06. The molecule has 124 valence electrons. The maximum Gasteiger partial charge on any atom is 0.125 e. The van der Waals surface area contributed by atoms with E-state index in [0.29, 0.717) is 12.6 Å². The molecule has 0 aliphatic carbocycles. The molecule has 0 amide bonds. The van der Waals surface area contributed by atoms with Crippen molar-refractivity contribution >= 4 is 5.69 Å². The van der Waals surface area contributed by atoms with Crippen molar-refractivity contribution in [3.05, 3.63) is 59.2 Å². The summed E-state index contributed by atoms with van der Waals surface area (Å²) in [7, 11) is 2.15. The summed E-state index contributed by atoms with van der Waals surface area (Å²) >= 11 is 0. The van der Waals surface area contributed by atoms with Gasteiger partial charge in [-0.2, -0.15) is 0 Å². The highest BCUT2D eigenvalue weighted by atomic mass is 16.5. The number of para-hydroxylation sites is 1. The lowest BCUT2D eigenvalue weighted by Crippen LogP contribution is -2.35. The summed E-state index contributed by atoms with van der Waals surface area (Å²) in [5.74, 6) is 1.02. The van der Waals surface area contributed by atoms with Crippen molar-refractivity contribution in [2.75, 3.05) is 25.9 Å². The number of hydrogen-bond acceptors (Lipinski definition) is 3. The highest BCUT2D eigenvalue weighted by Gasteiger charge is 2.11. The Hall–Kier alpha value is -2.00. The van der Waals surface area contributed by atoms with Gasteiger partial charge in [-0.3, -0.25) is 4.90 Å². The molecule has 2 N–H and O–H groups in total. The van der Waals surface area contributed by atoms with Crippen molar-refractivity contribution in [3.8, 4) is 5.75 Å². The van der Waals surface area contributed by atoms with E-state index in [9.17, 15) is 0 Å². The van der Waals surface area contributed by atoms with Crippen molar-refractivity contribution < 1.29 is 4.74 Å². The number of nitrogens with zero attached hydrogens (tertiary/aromatic N) is 1. The molecule has 0 saturated carbocycles. The number of rotatable bonds is 7. The lowest BCUT2D eigenvalue weighted by molar-refractivity contribution is 0.173. The molecule has 2 rings (SSSR count). The fourth-order valence-electron chi connectivity index (χ4n) is 2.57. The standard InChI is InChI=1S/C20H28N2O/c1-15-6-5-7-16(2)20(15)23-14-17(3)22(4)13-12-18-8-10-19(21)11-9-18/h5-11,17H,12-14,21H2,1-4H3. The fraction of sp³-hybridized carbons (Fsp3) is 0.400. The van der Waals surface area contributed by atoms with Gasteiger partial charge in [-0.15, -0.1) is 0 Å². The number of ether oxygens (including phenoxy) is 1. The minimum Gasteiger partial charge on any atom is -0.491 e. The Morgan fingerprint density at radius 1 is 1.04 bits per heavy atom. The van der Waals surface area contributed by atoms with Crippen LogP contribution in [-0.4, -0.2) is 31.1 Å². The summed E-state index contributed by atoms with van der Waals surface area (Å²) in [6.07, 6.45) is 1.02. The summed E-state index contributed by atoms with van der Waals surface area (Å²) in [6.45, 7) is 8.09. The number of nitrogen functional groups attached to an aromatic ring is 1. The van der Waals surface area contributed by atoms with Crippen LogP contribution < -0.4 is 10.5 Å². The number of anilines is 1. The Morgan fingerprint density at radius 2 is 1.65 bits per heavy atom. The van der Waals surface area contributed by atoms with Gasteiger partial charge in [0.15, 0.2) is 0 Å². The maximum atomic E-state index is 6.06. The molecule has 0 aliphatic rings. The summed E-state index contributed by atoms with van der Waals surface area (Å²) in [5.41, 5.74) is 10.2. The highest BCUT2D eigenvalue weighted by molar-refractivity contribution is 5.40. The number of likely N-dealkylation sites (N-methyl/N-ethyl adjacent to an activating group) is 1. The van der Waals surface area contributed by atoms with Gasteiger partial charge in [0.1, 0.15) is 12.4 Å². The quantitative estimate of drug-likeness (QED) is 0.790. The van der Waals surface area contributed by atoms with E-state index in [1.54, 1.807) is 0 Å². The summed E-state index contributed by atoms with van der Waals surface area (Å²) < 4.78 is 6.06. The Labute approximate surface area is 140 Å². The molecule has 0 fully saturated rings. The molecule has 0 spiro atoms. The van der Waals surface area contributed by atoms with Gasteiger partial charge in [0.2, 0.25) is 0 Å². The molecule has 1 atom stereocenters. The van der Waals surface area contributed by atoms with Gasteiger partial charge in [0.05, 0.1) is 0 Å². The zero-order chi connectivity index (χ0) is 16.8. The number of nitrogens with two attached hydrogens (primary N) is 1. The predicted octanol–water partition coefficient (Wildman–Crippen LogP) is 3.83. The smallest absolute Gasteiger partial charge is 0.125 e. The first-order valence-electron chi connectivity index (χ1n) is 8.21. The lowest BCUT2D eigenvalue weighted by atomic mass is 10.1. The zero-order valence-corrected chi connectivity index (χ0v) is 14.7. The van der Waals surface area contributed by atoms with Gasteiger partial charge in [-0.1, -0.05) is 30.3 Å². The van der Waals surface area contributed by atoms with E-state index in [1.807, 2.05) is 12.1 Å². The normalized spacial score (nSPS) is 12.4. The van der Waals surface area contributed by atoms with Crippen LogP contribution in [0.15, 0.2) is 42.5 Å². The van der Waals surface area contributed by atoms with Gasteiger partial charge < -0.3 is 10.5 Å². The topological polar surface area (TPSA) is 38.5 Å². The molecular formula is C20H28N2O. The summed E-state index contributed by atoms with van der Waals surface area (Å²) in [5, 5.41) is 0. The van der Waals surface area contributed by atoms with E-state index in [4.69, 9.17) is 10.5 Å². The van der Waals surface area contributed by atoms with Crippen molar-refractivity contribution in [1.82, 2.24) is 4.90 Å². The molecule has 1 unspecified atom stereocenters. The number of hydrogen-bond donors (Lipinski definition) is 1. The second-order valence-electron chi connectivity index (χ2n) is 6.35. The average molecular weight is 312 g/mol. The molecule has 2 aromatic rings. The van der Waals surface area contributed by atoms with E-state index in [0.717, 1.165) is 24.4 Å². The Kier molecular flexibility index (Phi) is 6.05. The SMILES string of the molecule is Cc1cccc(C)c1OCC(C)N(C)CCc1ccc(N)cc1. The van der Waals surface area contributed by atoms with Crippen LogP contribution in [0.1, 0.15) is 23.6 Å². The van der Waals surface area contributed by atoms with Crippen LogP contribution in [0.2, 0.25) is 0 Å². The van der Waals surface area contributed by atoms with E-state index < -0.39 is 0 Å². The largest absolute Gasteiger partial charge is 0.491 e. The lowest BCUT2D eigenvalue weighted by Gasteiger charge is -2.25.